The third-order valence-corrected chi connectivity index (χ3v) is 5.38. The zero-order valence-electron chi connectivity index (χ0n) is 14.6. The lowest BCUT2D eigenvalue weighted by Gasteiger charge is -2.08. The second kappa shape index (κ2) is 6.88. The van der Waals surface area contributed by atoms with Crippen LogP contribution in [0.5, 0.6) is 0 Å². The van der Waals surface area contributed by atoms with E-state index in [4.69, 9.17) is 0 Å². The minimum absolute atomic E-state index is 0.267. The Hall–Kier alpha value is -2.73. The minimum atomic E-state index is -0.267. The molecule has 0 saturated heterocycles. The van der Waals surface area contributed by atoms with Crippen LogP contribution in [-0.4, -0.2) is 21.0 Å². The van der Waals surface area contributed by atoms with Crippen molar-refractivity contribution in [3.8, 4) is 22.5 Å². The average Bonchev–Trinajstić information content (AvgIpc) is 3.27. The number of rotatable bonds is 5. The molecule has 0 amide bonds. The monoisotopic (exact) mass is 366 g/mol. The van der Waals surface area contributed by atoms with Gasteiger partial charge in [0.1, 0.15) is 5.82 Å². The summed E-state index contributed by atoms with van der Waals surface area (Å²) in [5.41, 5.74) is 3.83. The molecule has 0 radical (unpaired) electrons. The quantitative estimate of drug-likeness (QED) is 0.476. The maximum atomic E-state index is 14.2. The summed E-state index contributed by atoms with van der Waals surface area (Å²) in [7, 11) is 0. The predicted octanol–water partition coefficient (Wildman–Crippen LogP) is 5.70. The maximum absolute atomic E-state index is 14.2. The van der Waals surface area contributed by atoms with Gasteiger partial charge in [-0.1, -0.05) is 36.5 Å². The first-order valence-corrected chi connectivity index (χ1v) is 9.43. The SMILES string of the molecule is CCC(C)Nc1nc2ccc(-c3nc[nH]c3-c3ccccc3F)cc2s1. The first-order chi connectivity index (χ1) is 12.7. The van der Waals surface area contributed by atoms with Crippen LogP contribution in [0.15, 0.2) is 48.8 Å². The number of hydrogen-bond donors (Lipinski definition) is 2. The molecule has 4 aromatic rings. The molecular weight excluding hydrogens is 347 g/mol. The molecule has 132 valence electrons. The van der Waals surface area contributed by atoms with E-state index in [-0.39, 0.29) is 5.82 Å². The van der Waals surface area contributed by atoms with Gasteiger partial charge in [0.2, 0.25) is 0 Å². The summed E-state index contributed by atoms with van der Waals surface area (Å²) in [6, 6.07) is 13.1. The van der Waals surface area contributed by atoms with Crippen molar-refractivity contribution < 1.29 is 4.39 Å². The van der Waals surface area contributed by atoms with Gasteiger partial charge in [-0.25, -0.2) is 14.4 Å². The van der Waals surface area contributed by atoms with Gasteiger partial charge in [0.25, 0.3) is 0 Å². The number of nitrogens with one attached hydrogen (secondary N) is 2. The molecule has 6 heteroatoms. The average molecular weight is 366 g/mol. The third-order valence-electron chi connectivity index (χ3n) is 4.43. The van der Waals surface area contributed by atoms with E-state index in [2.05, 4.69) is 40.2 Å². The molecule has 2 heterocycles. The van der Waals surface area contributed by atoms with Crippen LogP contribution >= 0.6 is 11.3 Å². The Morgan fingerprint density at radius 3 is 2.88 bits per heavy atom. The fraction of sp³-hybridized carbons (Fsp3) is 0.200. The Bertz CT molecular complexity index is 1050. The van der Waals surface area contributed by atoms with Gasteiger partial charge in [-0.05, 0) is 37.6 Å². The molecule has 0 spiro atoms. The van der Waals surface area contributed by atoms with Gasteiger partial charge in [0, 0.05) is 17.2 Å². The molecular formula is C20H19FN4S. The number of fused-ring (bicyclic) bond motifs is 1. The van der Waals surface area contributed by atoms with Crippen molar-refractivity contribution in [2.45, 2.75) is 26.3 Å². The number of nitrogens with zero attached hydrogens (tertiary/aromatic N) is 2. The molecule has 0 fully saturated rings. The predicted molar refractivity (Wildman–Crippen MR) is 106 cm³/mol. The van der Waals surface area contributed by atoms with Crippen LogP contribution in [0.2, 0.25) is 0 Å². The summed E-state index contributed by atoms with van der Waals surface area (Å²) in [6.45, 7) is 4.28. The number of aromatic nitrogens is 3. The normalized spacial score (nSPS) is 12.4. The van der Waals surface area contributed by atoms with Crippen LogP contribution in [0.25, 0.3) is 32.7 Å². The van der Waals surface area contributed by atoms with E-state index >= 15 is 0 Å². The van der Waals surface area contributed by atoms with Gasteiger partial charge >= 0.3 is 0 Å². The number of aromatic amines is 1. The smallest absolute Gasteiger partial charge is 0.183 e. The fourth-order valence-electron chi connectivity index (χ4n) is 2.83. The van der Waals surface area contributed by atoms with Crippen molar-refractivity contribution in [2.24, 2.45) is 0 Å². The van der Waals surface area contributed by atoms with Crippen LogP contribution < -0.4 is 5.32 Å². The number of thiazole rings is 1. The topological polar surface area (TPSA) is 53.6 Å². The van der Waals surface area contributed by atoms with Crippen LogP contribution in [-0.2, 0) is 0 Å². The van der Waals surface area contributed by atoms with Crippen molar-refractivity contribution in [2.75, 3.05) is 5.32 Å². The Morgan fingerprint density at radius 1 is 1.23 bits per heavy atom. The van der Waals surface area contributed by atoms with E-state index < -0.39 is 0 Å². The van der Waals surface area contributed by atoms with Crippen molar-refractivity contribution in [3.05, 3.63) is 54.6 Å². The van der Waals surface area contributed by atoms with Crippen LogP contribution in [0, 0.1) is 5.82 Å². The van der Waals surface area contributed by atoms with Crippen molar-refractivity contribution >= 4 is 26.7 Å². The maximum Gasteiger partial charge on any atom is 0.183 e. The molecule has 1 atom stereocenters. The van der Waals surface area contributed by atoms with Crippen molar-refractivity contribution in [3.63, 3.8) is 0 Å². The molecule has 26 heavy (non-hydrogen) atoms. The Balaban J connectivity index is 1.74. The van der Waals surface area contributed by atoms with Crippen LogP contribution in [0.3, 0.4) is 0 Å². The van der Waals surface area contributed by atoms with Gasteiger partial charge in [-0.3, -0.25) is 0 Å². The summed E-state index contributed by atoms with van der Waals surface area (Å²) in [5, 5.41) is 4.34. The number of hydrogen-bond acceptors (Lipinski definition) is 4. The van der Waals surface area contributed by atoms with Crippen molar-refractivity contribution in [1.82, 2.24) is 15.0 Å². The zero-order chi connectivity index (χ0) is 18.1. The number of anilines is 1. The standard InChI is InChI=1S/C20H19FN4S/c1-3-12(2)24-20-25-16-9-8-13(10-17(16)26-20)18-19(23-11-22-18)14-6-4-5-7-15(14)21/h4-12H,3H2,1-2H3,(H,22,23)(H,24,25). The molecule has 0 aliphatic heterocycles. The molecule has 0 bridgehead atoms. The fourth-order valence-corrected chi connectivity index (χ4v) is 3.85. The Kier molecular flexibility index (Phi) is 4.42. The van der Waals surface area contributed by atoms with Crippen LogP contribution in [0.1, 0.15) is 20.3 Å². The van der Waals surface area contributed by atoms with E-state index in [1.54, 1.807) is 29.8 Å². The second-order valence-electron chi connectivity index (χ2n) is 6.26. The number of benzene rings is 2. The summed E-state index contributed by atoms with van der Waals surface area (Å²) in [6.07, 6.45) is 2.64. The Labute approximate surface area is 155 Å². The number of imidazole rings is 1. The molecule has 0 aliphatic carbocycles. The summed E-state index contributed by atoms with van der Waals surface area (Å²) >= 11 is 1.62. The highest BCUT2D eigenvalue weighted by molar-refractivity contribution is 7.22. The summed E-state index contributed by atoms with van der Waals surface area (Å²) < 4.78 is 15.3. The molecule has 0 saturated carbocycles. The molecule has 2 aromatic heterocycles. The molecule has 0 aliphatic rings. The van der Waals surface area contributed by atoms with E-state index in [1.807, 2.05) is 18.2 Å². The lowest BCUT2D eigenvalue weighted by atomic mass is 10.0. The highest BCUT2D eigenvalue weighted by atomic mass is 32.1. The van der Waals surface area contributed by atoms with Gasteiger partial charge in [-0.2, -0.15) is 0 Å². The molecule has 4 rings (SSSR count). The van der Waals surface area contributed by atoms with Gasteiger partial charge in [0.15, 0.2) is 5.13 Å². The second-order valence-corrected chi connectivity index (χ2v) is 7.29. The van der Waals surface area contributed by atoms with Crippen molar-refractivity contribution in [1.29, 1.82) is 0 Å². The lowest BCUT2D eigenvalue weighted by molar-refractivity contribution is 0.631. The third kappa shape index (κ3) is 3.08. The number of H-pyrrole nitrogens is 1. The summed E-state index contributed by atoms with van der Waals surface area (Å²) in [4.78, 5) is 12.1. The lowest BCUT2D eigenvalue weighted by Crippen LogP contribution is -2.12. The molecule has 2 aromatic carbocycles. The van der Waals surface area contributed by atoms with E-state index in [0.29, 0.717) is 17.3 Å². The molecule has 4 nitrogen and oxygen atoms in total. The first kappa shape index (κ1) is 16.7. The van der Waals surface area contributed by atoms with Gasteiger partial charge in [0.05, 0.1) is 27.9 Å². The van der Waals surface area contributed by atoms with Crippen LogP contribution in [0.4, 0.5) is 9.52 Å². The highest BCUT2D eigenvalue weighted by Crippen LogP contribution is 2.34. The van der Waals surface area contributed by atoms with Gasteiger partial charge in [-0.15, -0.1) is 0 Å². The molecule has 1 unspecified atom stereocenters. The highest BCUT2D eigenvalue weighted by Gasteiger charge is 2.15. The van der Waals surface area contributed by atoms with E-state index in [1.165, 1.54) is 6.07 Å². The van der Waals surface area contributed by atoms with E-state index in [0.717, 1.165) is 33.0 Å². The zero-order valence-corrected chi connectivity index (χ0v) is 15.4. The Morgan fingerprint density at radius 2 is 2.08 bits per heavy atom. The summed E-state index contributed by atoms with van der Waals surface area (Å²) in [5.74, 6) is -0.267. The van der Waals surface area contributed by atoms with E-state index in [9.17, 15) is 4.39 Å². The minimum Gasteiger partial charge on any atom is -0.359 e. The number of halogens is 1. The van der Waals surface area contributed by atoms with Gasteiger partial charge < -0.3 is 10.3 Å². The first-order valence-electron chi connectivity index (χ1n) is 8.61. The molecule has 2 N–H and O–H groups in total. The largest absolute Gasteiger partial charge is 0.359 e.